The van der Waals surface area contributed by atoms with Crippen LogP contribution in [0.15, 0.2) is 47.3 Å². The number of amides is 1. The number of thiazole rings is 1. The van der Waals surface area contributed by atoms with E-state index in [0.717, 1.165) is 33.5 Å². The van der Waals surface area contributed by atoms with E-state index in [1.807, 2.05) is 13.8 Å². The lowest BCUT2D eigenvalue weighted by Crippen LogP contribution is -2.47. The maximum Gasteiger partial charge on any atom is 0.308 e. The first kappa shape index (κ1) is 24.4. The molecule has 0 fully saturated rings. The molecule has 0 radical (unpaired) electrons. The molecule has 33 heavy (non-hydrogen) atoms. The summed E-state index contributed by atoms with van der Waals surface area (Å²) in [6, 6.07) is 9.03. The van der Waals surface area contributed by atoms with Crippen LogP contribution in [0.4, 0.5) is 17.1 Å². The van der Waals surface area contributed by atoms with Crippen molar-refractivity contribution in [3.8, 4) is 0 Å². The summed E-state index contributed by atoms with van der Waals surface area (Å²) in [5, 5.41) is 13.9. The van der Waals surface area contributed by atoms with Gasteiger partial charge in [-0.05, 0) is 44.5 Å². The Kier molecular flexibility index (Phi) is 6.89. The number of nitrogens with zero attached hydrogens (tertiary/aromatic N) is 3. The van der Waals surface area contributed by atoms with Crippen molar-refractivity contribution in [2.45, 2.75) is 39.3 Å². The van der Waals surface area contributed by atoms with E-state index in [9.17, 15) is 28.1 Å². The predicted molar refractivity (Wildman–Crippen MR) is 130 cm³/mol. The quantitative estimate of drug-likeness (QED) is 0.376. The second-order valence-electron chi connectivity index (χ2n) is 7.76. The Morgan fingerprint density at radius 1 is 1.24 bits per heavy atom. The van der Waals surface area contributed by atoms with E-state index in [2.05, 4.69) is 5.32 Å². The molecule has 12 heteroatoms. The number of aromatic nitrogens is 1. The summed E-state index contributed by atoms with van der Waals surface area (Å²) < 4.78 is 28.4. The van der Waals surface area contributed by atoms with Crippen LogP contribution in [0.1, 0.15) is 33.2 Å². The van der Waals surface area contributed by atoms with Crippen molar-refractivity contribution in [2.75, 3.05) is 15.9 Å². The van der Waals surface area contributed by atoms with Gasteiger partial charge in [-0.25, -0.2) is 8.42 Å². The fraction of sp³-hybridized carbons (Fsp3) is 0.333. The number of hydrogen-bond donors (Lipinski definition) is 1. The summed E-state index contributed by atoms with van der Waals surface area (Å²) in [7, 11) is -3.95. The smallest absolute Gasteiger partial charge is 0.308 e. The van der Waals surface area contributed by atoms with Crippen LogP contribution in [0.2, 0.25) is 0 Å². The van der Waals surface area contributed by atoms with E-state index >= 15 is 0 Å². The zero-order valence-electron chi connectivity index (χ0n) is 18.5. The zero-order chi connectivity index (χ0) is 24.5. The van der Waals surface area contributed by atoms with Gasteiger partial charge in [0.15, 0.2) is 0 Å². The fourth-order valence-electron chi connectivity index (χ4n) is 3.63. The lowest BCUT2D eigenvalue weighted by Gasteiger charge is -2.30. The molecule has 0 saturated carbocycles. The van der Waals surface area contributed by atoms with Crippen molar-refractivity contribution in [1.29, 1.82) is 0 Å². The number of nitrogens with one attached hydrogen (secondary N) is 1. The Balaban J connectivity index is 1.97. The van der Waals surface area contributed by atoms with Crippen LogP contribution in [0, 0.1) is 10.1 Å². The summed E-state index contributed by atoms with van der Waals surface area (Å²) in [4.78, 5) is 35.8. The molecular formula is C21H24N4O6S2. The molecule has 1 N–H and O–H groups in total. The van der Waals surface area contributed by atoms with Crippen molar-refractivity contribution in [3.05, 3.63) is 62.2 Å². The standard InChI is InChI=1S/C21H24N4O6S2/c1-5-17(24(33(4,30)31)15-7-6-8-16(12-15)25(28)29)20(26)22-14-9-10-18-19(11-14)32-21(27)23(18)13(2)3/h6-13,17H,5H2,1-4H3,(H,22,26)/t17-/m1/s1. The molecule has 10 nitrogen and oxygen atoms in total. The monoisotopic (exact) mass is 492 g/mol. The number of fused-ring (bicyclic) bond motifs is 1. The molecule has 3 aromatic rings. The number of anilines is 2. The van der Waals surface area contributed by atoms with Crippen LogP contribution in [0.5, 0.6) is 0 Å². The van der Waals surface area contributed by atoms with Gasteiger partial charge in [0.05, 0.1) is 27.1 Å². The number of nitro groups is 1. The number of benzene rings is 2. The summed E-state index contributed by atoms with van der Waals surface area (Å²) >= 11 is 1.06. The number of nitro benzene ring substituents is 1. The fourth-order valence-corrected chi connectivity index (χ4v) is 5.89. The normalized spacial score (nSPS) is 12.6. The summed E-state index contributed by atoms with van der Waals surface area (Å²) in [5.41, 5.74) is 0.901. The second kappa shape index (κ2) is 9.32. The first-order valence-electron chi connectivity index (χ1n) is 10.1. The number of non-ortho nitro benzene ring substituents is 1. The van der Waals surface area contributed by atoms with Crippen molar-refractivity contribution >= 4 is 54.5 Å². The van der Waals surface area contributed by atoms with E-state index in [1.54, 1.807) is 29.7 Å². The van der Waals surface area contributed by atoms with Gasteiger partial charge in [-0.1, -0.05) is 24.3 Å². The minimum atomic E-state index is -3.95. The molecule has 0 bridgehead atoms. The second-order valence-corrected chi connectivity index (χ2v) is 10.6. The van der Waals surface area contributed by atoms with Gasteiger partial charge >= 0.3 is 4.87 Å². The highest BCUT2D eigenvalue weighted by molar-refractivity contribution is 7.92. The van der Waals surface area contributed by atoms with Gasteiger partial charge in [-0.2, -0.15) is 0 Å². The van der Waals surface area contributed by atoms with E-state index in [0.29, 0.717) is 10.4 Å². The molecule has 1 heterocycles. The van der Waals surface area contributed by atoms with Gasteiger partial charge in [0.25, 0.3) is 5.69 Å². The Morgan fingerprint density at radius 2 is 1.94 bits per heavy atom. The van der Waals surface area contributed by atoms with E-state index in [4.69, 9.17) is 0 Å². The Morgan fingerprint density at radius 3 is 2.52 bits per heavy atom. The van der Waals surface area contributed by atoms with Crippen LogP contribution in [0.25, 0.3) is 10.2 Å². The highest BCUT2D eigenvalue weighted by Crippen LogP contribution is 2.28. The molecule has 0 aliphatic rings. The Hall–Kier alpha value is -3.25. The van der Waals surface area contributed by atoms with Gasteiger partial charge in [0.2, 0.25) is 15.9 Å². The average molecular weight is 493 g/mol. The molecule has 1 aromatic heterocycles. The third-order valence-corrected chi connectivity index (χ3v) is 7.12. The maximum atomic E-state index is 13.1. The van der Waals surface area contributed by atoms with Gasteiger partial charge in [0, 0.05) is 23.9 Å². The number of hydrogen-bond acceptors (Lipinski definition) is 7. The summed E-state index contributed by atoms with van der Waals surface area (Å²) in [5.74, 6) is -0.593. The number of sulfonamides is 1. The molecular weight excluding hydrogens is 468 g/mol. The first-order valence-corrected chi connectivity index (χ1v) is 12.8. The van der Waals surface area contributed by atoms with Crippen molar-refractivity contribution in [2.24, 2.45) is 0 Å². The van der Waals surface area contributed by atoms with Gasteiger partial charge in [-0.15, -0.1) is 0 Å². The third-order valence-electron chi connectivity index (χ3n) is 5.02. The van der Waals surface area contributed by atoms with Crippen molar-refractivity contribution in [3.63, 3.8) is 0 Å². The van der Waals surface area contributed by atoms with Crippen LogP contribution < -0.4 is 14.5 Å². The molecule has 0 saturated heterocycles. The van der Waals surface area contributed by atoms with Crippen molar-refractivity contribution < 1.29 is 18.1 Å². The lowest BCUT2D eigenvalue weighted by atomic mass is 10.1. The molecule has 1 atom stereocenters. The molecule has 2 aromatic carbocycles. The van der Waals surface area contributed by atoms with E-state index in [1.165, 1.54) is 18.2 Å². The van der Waals surface area contributed by atoms with Crippen LogP contribution in [-0.4, -0.2) is 36.1 Å². The molecule has 0 unspecified atom stereocenters. The van der Waals surface area contributed by atoms with E-state index in [-0.39, 0.29) is 28.7 Å². The van der Waals surface area contributed by atoms with Gasteiger partial charge in [-0.3, -0.25) is 28.6 Å². The Labute approximate surface area is 194 Å². The summed E-state index contributed by atoms with van der Waals surface area (Å²) in [6.45, 7) is 5.46. The average Bonchev–Trinajstić information content (AvgIpc) is 3.05. The predicted octanol–water partition coefficient (Wildman–Crippen LogP) is 3.74. The third kappa shape index (κ3) is 5.06. The SMILES string of the molecule is CC[C@H](C(=O)Nc1ccc2c(c1)sc(=O)n2C(C)C)N(c1cccc([N+](=O)[O-])c1)S(C)(=O)=O. The molecule has 0 aliphatic heterocycles. The first-order chi connectivity index (χ1) is 15.4. The molecule has 1 amide bonds. The molecule has 0 aliphatic carbocycles. The zero-order valence-corrected chi connectivity index (χ0v) is 20.1. The van der Waals surface area contributed by atoms with Crippen molar-refractivity contribution in [1.82, 2.24) is 4.57 Å². The van der Waals surface area contributed by atoms with Crippen LogP contribution >= 0.6 is 11.3 Å². The Bertz CT molecular complexity index is 1380. The topological polar surface area (TPSA) is 132 Å². The number of rotatable bonds is 8. The summed E-state index contributed by atoms with van der Waals surface area (Å²) in [6.07, 6.45) is 1.07. The molecule has 3 rings (SSSR count). The van der Waals surface area contributed by atoms with Gasteiger partial charge in [0.1, 0.15) is 6.04 Å². The highest BCUT2D eigenvalue weighted by atomic mass is 32.2. The van der Waals surface area contributed by atoms with E-state index < -0.39 is 26.9 Å². The maximum absolute atomic E-state index is 13.1. The molecule has 0 spiro atoms. The molecule has 176 valence electrons. The van der Waals surface area contributed by atoms with Crippen LogP contribution in [-0.2, 0) is 14.8 Å². The number of carbonyl (C=O) groups is 1. The van der Waals surface area contributed by atoms with Gasteiger partial charge < -0.3 is 5.32 Å². The minimum Gasteiger partial charge on any atom is -0.324 e. The minimum absolute atomic E-state index is 0.0191. The van der Waals surface area contributed by atoms with Crippen LogP contribution in [0.3, 0.4) is 0 Å². The lowest BCUT2D eigenvalue weighted by molar-refractivity contribution is -0.384. The largest absolute Gasteiger partial charge is 0.324 e. The highest BCUT2D eigenvalue weighted by Gasteiger charge is 2.32. The number of carbonyl (C=O) groups excluding carboxylic acids is 1.